The molecular formula is C14H26N2O. The van der Waals surface area contributed by atoms with Crippen LogP contribution in [0.4, 0.5) is 0 Å². The third kappa shape index (κ3) is 4.52. The lowest BCUT2D eigenvalue weighted by atomic mass is 10.1. The lowest BCUT2D eigenvalue weighted by molar-refractivity contribution is 0.146. The Morgan fingerprint density at radius 3 is 2.76 bits per heavy atom. The Hall–Kier alpha value is -0.800. The molecule has 0 saturated carbocycles. The normalized spacial score (nSPS) is 13.2. The summed E-state index contributed by atoms with van der Waals surface area (Å²) in [6, 6.07) is 4.73. The molecule has 1 unspecified atom stereocenters. The van der Waals surface area contributed by atoms with Gasteiger partial charge in [-0.1, -0.05) is 20.8 Å². The summed E-state index contributed by atoms with van der Waals surface area (Å²) in [6.07, 6.45) is 3.33. The van der Waals surface area contributed by atoms with E-state index in [0.717, 1.165) is 19.7 Å². The molecule has 1 aromatic heterocycles. The van der Waals surface area contributed by atoms with Gasteiger partial charge in [0.15, 0.2) is 0 Å². The molecule has 0 bridgehead atoms. The molecule has 0 fully saturated rings. The van der Waals surface area contributed by atoms with Crippen LogP contribution in [0.5, 0.6) is 0 Å². The van der Waals surface area contributed by atoms with Gasteiger partial charge in [0.2, 0.25) is 0 Å². The maximum absolute atomic E-state index is 5.24. The molecule has 1 N–H and O–H groups in total. The molecular weight excluding hydrogens is 212 g/mol. The van der Waals surface area contributed by atoms with Crippen LogP contribution in [0.25, 0.3) is 0 Å². The summed E-state index contributed by atoms with van der Waals surface area (Å²) < 4.78 is 7.56. The summed E-state index contributed by atoms with van der Waals surface area (Å²) in [5, 5.41) is 3.58. The fraction of sp³-hybridized carbons (Fsp3) is 0.714. The third-order valence-electron chi connectivity index (χ3n) is 3.08. The molecule has 0 aliphatic carbocycles. The molecule has 0 aliphatic rings. The van der Waals surface area contributed by atoms with E-state index in [1.54, 1.807) is 7.11 Å². The third-order valence-corrected chi connectivity index (χ3v) is 3.08. The highest BCUT2D eigenvalue weighted by molar-refractivity contribution is 5.07. The summed E-state index contributed by atoms with van der Waals surface area (Å²) >= 11 is 0. The number of aryl methyl sites for hydroxylation is 1. The minimum Gasteiger partial charge on any atom is -0.383 e. The first-order chi connectivity index (χ1) is 8.19. The average Bonchev–Trinajstić information content (AvgIpc) is 2.72. The molecule has 3 heteroatoms. The standard InChI is InChI=1S/C14H26N2O/c1-5-8-16-9-6-7-13(16)10-15-14(11-17-4)12(2)3/h6-7,9,12,14-15H,5,8,10-11H2,1-4H3. The number of ether oxygens (including phenoxy) is 1. The van der Waals surface area contributed by atoms with Crippen LogP contribution in [0, 0.1) is 5.92 Å². The molecule has 0 saturated heterocycles. The first-order valence-corrected chi connectivity index (χ1v) is 6.55. The van der Waals surface area contributed by atoms with E-state index in [-0.39, 0.29) is 0 Å². The van der Waals surface area contributed by atoms with Crippen LogP contribution in [-0.4, -0.2) is 24.3 Å². The predicted molar refractivity (Wildman–Crippen MR) is 72.1 cm³/mol. The highest BCUT2D eigenvalue weighted by Crippen LogP contribution is 2.07. The Bertz CT molecular complexity index is 307. The van der Waals surface area contributed by atoms with Crippen molar-refractivity contribution in [1.82, 2.24) is 9.88 Å². The number of methoxy groups -OCH3 is 1. The molecule has 0 amide bonds. The zero-order valence-corrected chi connectivity index (χ0v) is 11.6. The van der Waals surface area contributed by atoms with Gasteiger partial charge in [0.05, 0.1) is 6.61 Å². The Morgan fingerprint density at radius 2 is 2.18 bits per heavy atom. The Kier molecular flexibility index (Phi) is 6.30. The van der Waals surface area contributed by atoms with Gasteiger partial charge in [0.25, 0.3) is 0 Å². The summed E-state index contributed by atoms with van der Waals surface area (Å²) in [4.78, 5) is 0. The Balaban J connectivity index is 2.49. The number of hydrogen-bond donors (Lipinski definition) is 1. The van der Waals surface area contributed by atoms with E-state index in [1.807, 2.05) is 0 Å². The second kappa shape index (κ2) is 7.51. The SMILES string of the molecule is CCCn1cccc1CNC(COC)C(C)C. The van der Waals surface area contributed by atoms with Gasteiger partial charge < -0.3 is 14.6 Å². The monoisotopic (exact) mass is 238 g/mol. The minimum absolute atomic E-state index is 0.421. The first-order valence-electron chi connectivity index (χ1n) is 6.55. The molecule has 0 radical (unpaired) electrons. The van der Waals surface area contributed by atoms with Gasteiger partial charge in [-0.05, 0) is 24.5 Å². The van der Waals surface area contributed by atoms with E-state index < -0.39 is 0 Å². The van der Waals surface area contributed by atoms with Crippen LogP contribution < -0.4 is 5.32 Å². The second-order valence-corrected chi connectivity index (χ2v) is 4.88. The molecule has 1 aromatic rings. The molecule has 17 heavy (non-hydrogen) atoms. The molecule has 1 atom stereocenters. The zero-order chi connectivity index (χ0) is 12.7. The van der Waals surface area contributed by atoms with Gasteiger partial charge >= 0.3 is 0 Å². The zero-order valence-electron chi connectivity index (χ0n) is 11.6. The molecule has 1 rings (SSSR count). The number of hydrogen-bond acceptors (Lipinski definition) is 2. The molecule has 1 heterocycles. The topological polar surface area (TPSA) is 26.2 Å². The van der Waals surface area contributed by atoms with Gasteiger partial charge in [-0.25, -0.2) is 0 Å². The largest absolute Gasteiger partial charge is 0.383 e. The molecule has 0 aromatic carbocycles. The summed E-state index contributed by atoms with van der Waals surface area (Å²) in [6.45, 7) is 9.44. The summed E-state index contributed by atoms with van der Waals surface area (Å²) in [5.41, 5.74) is 1.36. The number of rotatable bonds is 8. The van der Waals surface area contributed by atoms with Crippen molar-refractivity contribution in [1.29, 1.82) is 0 Å². The van der Waals surface area contributed by atoms with Gasteiger partial charge in [-0.3, -0.25) is 0 Å². The smallest absolute Gasteiger partial charge is 0.0618 e. The van der Waals surface area contributed by atoms with Gasteiger partial charge in [0, 0.05) is 38.1 Å². The van der Waals surface area contributed by atoms with Crippen molar-refractivity contribution in [3.8, 4) is 0 Å². The molecule has 3 nitrogen and oxygen atoms in total. The second-order valence-electron chi connectivity index (χ2n) is 4.88. The first kappa shape index (κ1) is 14.3. The van der Waals surface area contributed by atoms with Crippen molar-refractivity contribution in [2.45, 2.75) is 46.3 Å². The number of nitrogens with one attached hydrogen (secondary N) is 1. The number of aromatic nitrogens is 1. The lowest BCUT2D eigenvalue weighted by Gasteiger charge is -2.22. The van der Waals surface area contributed by atoms with Crippen molar-refractivity contribution in [3.05, 3.63) is 24.0 Å². The summed E-state index contributed by atoms with van der Waals surface area (Å²) in [5.74, 6) is 0.588. The predicted octanol–water partition coefficient (Wildman–Crippen LogP) is 2.66. The van der Waals surface area contributed by atoms with Crippen LogP contribution in [0.3, 0.4) is 0 Å². The minimum atomic E-state index is 0.421. The van der Waals surface area contributed by atoms with Crippen molar-refractivity contribution in [3.63, 3.8) is 0 Å². The van der Waals surface area contributed by atoms with Crippen molar-refractivity contribution < 1.29 is 4.74 Å². The van der Waals surface area contributed by atoms with Crippen LogP contribution in [0.2, 0.25) is 0 Å². The average molecular weight is 238 g/mol. The van der Waals surface area contributed by atoms with Crippen molar-refractivity contribution in [2.75, 3.05) is 13.7 Å². The van der Waals surface area contributed by atoms with E-state index in [4.69, 9.17) is 4.74 Å². The van der Waals surface area contributed by atoms with E-state index in [1.165, 1.54) is 12.1 Å². The Morgan fingerprint density at radius 1 is 1.41 bits per heavy atom. The molecule has 0 aliphatic heterocycles. The van der Waals surface area contributed by atoms with Gasteiger partial charge in [-0.2, -0.15) is 0 Å². The van der Waals surface area contributed by atoms with Crippen molar-refractivity contribution in [2.24, 2.45) is 5.92 Å². The van der Waals surface area contributed by atoms with E-state index >= 15 is 0 Å². The van der Waals surface area contributed by atoms with Gasteiger partial charge in [0.1, 0.15) is 0 Å². The summed E-state index contributed by atoms with van der Waals surface area (Å²) in [7, 11) is 1.76. The maximum atomic E-state index is 5.24. The van der Waals surface area contributed by atoms with Crippen LogP contribution >= 0.6 is 0 Å². The van der Waals surface area contributed by atoms with Crippen LogP contribution in [-0.2, 0) is 17.8 Å². The maximum Gasteiger partial charge on any atom is 0.0618 e. The highest BCUT2D eigenvalue weighted by Gasteiger charge is 2.12. The fourth-order valence-electron chi connectivity index (χ4n) is 1.97. The van der Waals surface area contributed by atoms with E-state index in [9.17, 15) is 0 Å². The Labute approximate surface area is 105 Å². The van der Waals surface area contributed by atoms with Crippen molar-refractivity contribution >= 4 is 0 Å². The van der Waals surface area contributed by atoms with E-state index in [2.05, 4.69) is 49.0 Å². The van der Waals surface area contributed by atoms with E-state index in [0.29, 0.717) is 12.0 Å². The molecule has 98 valence electrons. The lowest BCUT2D eigenvalue weighted by Crippen LogP contribution is -2.37. The quantitative estimate of drug-likeness (QED) is 0.753. The molecule has 0 spiro atoms. The highest BCUT2D eigenvalue weighted by atomic mass is 16.5. The van der Waals surface area contributed by atoms with Crippen LogP contribution in [0.1, 0.15) is 32.9 Å². The van der Waals surface area contributed by atoms with Crippen LogP contribution in [0.15, 0.2) is 18.3 Å². The fourth-order valence-corrected chi connectivity index (χ4v) is 1.97. The number of nitrogens with zero attached hydrogens (tertiary/aromatic N) is 1. The van der Waals surface area contributed by atoms with Gasteiger partial charge in [-0.15, -0.1) is 0 Å².